The molecule has 0 unspecified atom stereocenters. The molecule has 0 radical (unpaired) electrons. The van der Waals surface area contributed by atoms with Crippen LogP contribution < -0.4 is 24.8 Å². The highest BCUT2D eigenvalue weighted by Gasteiger charge is 2.25. The monoisotopic (exact) mass is 370 g/mol. The second-order valence-electron chi connectivity index (χ2n) is 6.47. The molecule has 0 spiro atoms. The van der Waals surface area contributed by atoms with Crippen molar-refractivity contribution in [2.75, 3.05) is 6.79 Å². The molecule has 142 valence electrons. The zero-order chi connectivity index (χ0) is 19.2. The van der Waals surface area contributed by atoms with Crippen molar-refractivity contribution in [1.82, 2.24) is 10.6 Å². The van der Waals surface area contributed by atoms with Gasteiger partial charge in [-0.25, -0.2) is 4.79 Å². The standard InChI is InChI=1S/C20H22N2O5/c1-13(2)18(22-20(24)27-15-6-4-3-5-7-15)19(23)21-11-14-8-9-16-17(10-14)26-12-25-16/h3-10,13,18H,11-12H2,1-2H3,(H,21,23)(H,22,24)/t18-/m1/s1. The maximum atomic E-state index is 12.5. The molecule has 0 saturated heterocycles. The predicted molar refractivity (Wildman–Crippen MR) is 98.6 cm³/mol. The molecule has 2 aromatic carbocycles. The average Bonchev–Trinajstić information content (AvgIpc) is 3.12. The fraction of sp³-hybridized carbons (Fsp3) is 0.300. The van der Waals surface area contributed by atoms with Gasteiger partial charge in [0.05, 0.1) is 0 Å². The van der Waals surface area contributed by atoms with E-state index in [1.807, 2.05) is 32.0 Å². The molecule has 2 aromatic rings. The Morgan fingerprint density at radius 1 is 1.07 bits per heavy atom. The van der Waals surface area contributed by atoms with Crippen LogP contribution in [0.4, 0.5) is 4.79 Å². The van der Waals surface area contributed by atoms with Gasteiger partial charge >= 0.3 is 6.09 Å². The number of carbonyl (C=O) groups excluding carboxylic acids is 2. The van der Waals surface area contributed by atoms with E-state index in [1.54, 1.807) is 30.3 Å². The second kappa shape index (κ2) is 8.44. The molecule has 3 rings (SSSR count). The third-order valence-electron chi connectivity index (χ3n) is 4.08. The van der Waals surface area contributed by atoms with Crippen LogP contribution in [0.15, 0.2) is 48.5 Å². The van der Waals surface area contributed by atoms with Gasteiger partial charge in [-0.3, -0.25) is 4.79 Å². The molecule has 0 fully saturated rings. The average molecular weight is 370 g/mol. The SMILES string of the molecule is CC(C)[C@@H](NC(=O)Oc1ccccc1)C(=O)NCc1ccc2c(c1)OCO2. The van der Waals surface area contributed by atoms with Crippen LogP contribution >= 0.6 is 0 Å². The molecule has 2 N–H and O–H groups in total. The highest BCUT2D eigenvalue weighted by molar-refractivity contribution is 5.86. The third-order valence-corrected chi connectivity index (χ3v) is 4.08. The predicted octanol–water partition coefficient (Wildman–Crippen LogP) is 2.84. The molecular formula is C20H22N2O5. The number of hydrogen-bond acceptors (Lipinski definition) is 5. The highest BCUT2D eigenvalue weighted by Crippen LogP contribution is 2.32. The van der Waals surface area contributed by atoms with Crippen LogP contribution in [0.1, 0.15) is 19.4 Å². The Morgan fingerprint density at radius 3 is 2.56 bits per heavy atom. The van der Waals surface area contributed by atoms with Crippen molar-refractivity contribution >= 4 is 12.0 Å². The van der Waals surface area contributed by atoms with E-state index in [0.717, 1.165) is 5.56 Å². The van der Waals surface area contributed by atoms with Gasteiger partial charge < -0.3 is 24.8 Å². The van der Waals surface area contributed by atoms with Gasteiger partial charge in [-0.2, -0.15) is 0 Å². The quantitative estimate of drug-likeness (QED) is 0.817. The maximum Gasteiger partial charge on any atom is 0.413 e. The first-order valence-corrected chi connectivity index (χ1v) is 8.72. The van der Waals surface area contributed by atoms with Gasteiger partial charge in [-0.1, -0.05) is 38.1 Å². The molecule has 7 heteroatoms. The summed E-state index contributed by atoms with van der Waals surface area (Å²) >= 11 is 0. The molecule has 2 amide bonds. The van der Waals surface area contributed by atoms with E-state index in [9.17, 15) is 9.59 Å². The molecule has 7 nitrogen and oxygen atoms in total. The minimum atomic E-state index is -0.713. The van der Waals surface area contributed by atoms with Crippen molar-refractivity contribution in [3.8, 4) is 17.2 Å². The molecule has 1 heterocycles. The van der Waals surface area contributed by atoms with E-state index in [-0.39, 0.29) is 18.6 Å². The van der Waals surface area contributed by atoms with Crippen LogP contribution in [0, 0.1) is 5.92 Å². The van der Waals surface area contributed by atoms with Gasteiger partial charge in [-0.05, 0) is 35.7 Å². The number of amides is 2. The Hall–Kier alpha value is -3.22. The number of nitrogens with one attached hydrogen (secondary N) is 2. The Kier molecular flexibility index (Phi) is 5.80. The normalized spacial score (nSPS) is 13.1. The Bertz CT molecular complexity index is 807. The lowest BCUT2D eigenvalue weighted by Gasteiger charge is -2.21. The van der Waals surface area contributed by atoms with Crippen molar-refractivity contribution in [2.24, 2.45) is 5.92 Å². The van der Waals surface area contributed by atoms with E-state index in [0.29, 0.717) is 23.8 Å². The van der Waals surface area contributed by atoms with Gasteiger partial charge in [0.1, 0.15) is 11.8 Å². The molecule has 1 atom stereocenters. The van der Waals surface area contributed by atoms with Crippen LogP contribution in [0.25, 0.3) is 0 Å². The third kappa shape index (κ3) is 4.91. The molecule has 1 aliphatic rings. The second-order valence-corrected chi connectivity index (χ2v) is 6.47. The lowest BCUT2D eigenvalue weighted by atomic mass is 10.0. The van der Waals surface area contributed by atoms with Crippen LogP contribution in [0.5, 0.6) is 17.2 Å². The number of benzene rings is 2. The fourth-order valence-electron chi connectivity index (χ4n) is 2.64. The summed E-state index contributed by atoms with van der Waals surface area (Å²) in [6, 6.07) is 13.5. The molecular weight excluding hydrogens is 348 g/mol. The van der Waals surface area contributed by atoms with E-state index in [4.69, 9.17) is 14.2 Å². The van der Waals surface area contributed by atoms with E-state index < -0.39 is 12.1 Å². The summed E-state index contributed by atoms with van der Waals surface area (Å²) < 4.78 is 15.8. The van der Waals surface area contributed by atoms with E-state index >= 15 is 0 Å². The van der Waals surface area contributed by atoms with E-state index in [2.05, 4.69) is 10.6 Å². The topological polar surface area (TPSA) is 85.9 Å². The fourth-order valence-corrected chi connectivity index (χ4v) is 2.64. The summed E-state index contributed by atoms with van der Waals surface area (Å²) in [5.41, 5.74) is 0.877. The van der Waals surface area contributed by atoms with Gasteiger partial charge in [0.2, 0.25) is 12.7 Å². The first kappa shape index (κ1) is 18.6. The summed E-state index contributed by atoms with van der Waals surface area (Å²) in [6.45, 7) is 4.23. The zero-order valence-electron chi connectivity index (χ0n) is 15.2. The Labute approximate surface area is 157 Å². The van der Waals surface area contributed by atoms with Gasteiger partial charge in [0.25, 0.3) is 0 Å². The molecule has 0 bridgehead atoms. The Morgan fingerprint density at radius 2 is 1.81 bits per heavy atom. The molecule has 0 aliphatic carbocycles. The molecule has 1 aliphatic heterocycles. The van der Waals surface area contributed by atoms with Crippen molar-refractivity contribution in [1.29, 1.82) is 0 Å². The number of para-hydroxylation sites is 1. The Balaban J connectivity index is 1.55. The van der Waals surface area contributed by atoms with Crippen LogP contribution in [-0.4, -0.2) is 24.8 Å². The number of carbonyl (C=O) groups is 2. The lowest BCUT2D eigenvalue weighted by molar-refractivity contribution is -0.124. The lowest BCUT2D eigenvalue weighted by Crippen LogP contribution is -2.50. The number of hydrogen-bond donors (Lipinski definition) is 2. The minimum absolute atomic E-state index is 0.106. The van der Waals surface area contributed by atoms with Crippen molar-refractivity contribution in [3.63, 3.8) is 0 Å². The molecule has 0 aromatic heterocycles. The number of fused-ring (bicyclic) bond motifs is 1. The minimum Gasteiger partial charge on any atom is -0.454 e. The van der Waals surface area contributed by atoms with Crippen LogP contribution in [0.2, 0.25) is 0 Å². The number of rotatable bonds is 6. The van der Waals surface area contributed by atoms with Crippen molar-refractivity contribution in [2.45, 2.75) is 26.4 Å². The smallest absolute Gasteiger partial charge is 0.413 e. The summed E-state index contributed by atoms with van der Waals surface area (Å²) in [5, 5.41) is 5.46. The van der Waals surface area contributed by atoms with E-state index in [1.165, 1.54) is 0 Å². The number of ether oxygens (including phenoxy) is 3. The molecule has 0 saturated carbocycles. The largest absolute Gasteiger partial charge is 0.454 e. The first-order valence-electron chi connectivity index (χ1n) is 8.72. The van der Waals surface area contributed by atoms with Gasteiger partial charge in [0.15, 0.2) is 11.5 Å². The van der Waals surface area contributed by atoms with Gasteiger partial charge in [-0.15, -0.1) is 0 Å². The summed E-state index contributed by atoms with van der Waals surface area (Å²) in [7, 11) is 0. The molecule has 27 heavy (non-hydrogen) atoms. The summed E-state index contributed by atoms with van der Waals surface area (Å²) in [6.07, 6.45) is -0.668. The van der Waals surface area contributed by atoms with Crippen LogP contribution in [-0.2, 0) is 11.3 Å². The highest BCUT2D eigenvalue weighted by atomic mass is 16.7. The van der Waals surface area contributed by atoms with Crippen molar-refractivity contribution in [3.05, 3.63) is 54.1 Å². The first-order chi connectivity index (χ1) is 13.0. The zero-order valence-corrected chi connectivity index (χ0v) is 15.2. The maximum absolute atomic E-state index is 12.5. The van der Waals surface area contributed by atoms with Gasteiger partial charge in [0, 0.05) is 6.54 Å². The van der Waals surface area contributed by atoms with Crippen molar-refractivity contribution < 1.29 is 23.8 Å². The summed E-state index contributed by atoms with van der Waals surface area (Å²) in [5.74, 6) is 1.37. The summed E-state index contributed by atoms with van der Waals surface area (Å²) in [4.78, 5) is 24.6. The van der Waals surface area contributed by atoms with Crippen LogP contribution in [0.3, 0.4) is 0 Å².